The highest BCUT2D eigenvalue weighted by Crippen LogP contribution is 2.26. The third-order valence-corrected chi connectivity index (χ3v) is 1.62. The summed E-state index contributed by atoms with van der Waals surface area (Å²) in [6.07, 6.45) is -4.68. The first-order valence-electron chi connectivity index (χ1n) is 3.93. The van der Waals surface area contributed by atoms with E-state index < -0.39 is 6.36 Å². The van der Waals surface area contributed by atoms with Gasteiger partial charge in [-0.2, -0.15) is 5.26 Å². The average molecular weight is 216 g/mol. The Hall–Kier alpha value is -1.90. The molecule has 0 saturated carbocycles. The minimum Gasteiger partial charge on any atom is -0.406 e. The molecule has 1 aromatic rings. The molecule has 0 unspecified atom stereocenters. The fourth-order valence-electron chi connectivity index (χ4n) is 1.02. The van der Waals surface area contributed by atoms with E-state index in [0.29, 0.717) is 5.56 Å². The number of hydrogen-bond acceptors (Lipinski definition) is 3. The van der Waals surface area contributed by atoms with Crippen molar-refractivity contribution in [1.29, 1.82) is 5.26 Å². The third-order valence-electron chi connectivity index (χ3n) is 1.62. The van der Waals surface area contributed by atoms with E-state index >= 15 is 0 Å². The summed E-state index contributed by atoms with van der Waals surface area (Å²) >= 11 is 0. The van der Waals surface area contributed by atoms with Gasteiger partial charge in [0.2, 0.25) is 0 Å². The molecule has 0 atom stereocenters. The second-order valence-corrected chi connectivity index (χ2v) is 2.74. The van der Waals surface area contributed by atoms with E-state index in [2.05, 4.69) is 4.74 Å². The molecular weight excluding hydrogens is 209 g/mol. The van der Waals surface area contributed by atoms with Crippen molar-refractivity contribution >= 4 is 5.69 Å². The fourth-order valence-corrected chi connectivity index (χ4v) is 1.02. The lowest BCUT2D eigenvalue weighted by Gasteiger charge is -2.10. The molecule has 0 bridgehead atoms. The van der Waals surface area contributed by atoms with Crippen LogP contribution >= 0.6 is 0 Å². The molecule has 0 aromatic heterocycles. The molecule has 0 saturated heterocycles. The standard InChI is InChI=1S/C9H7F3N2O/c10-9(11,12)15-7-2-1-6(3-4-13)8(14)5-7/h1-2,5H,3,14H2. The van der Waals surface area contributed by atoms with Crippen LogP contribution < -0.4 is 10.5 Å². The predicted octanol–water partition coefficient (Wildman–Crippen LogP) is 2.23. The first-order valence-corrected chi connectivity index (χ1v) is 3.93. The van der Waals surface area contributed by atoms with Gasteiger partial charge in [0.25, 0.3) is 0 Å². The molecule has 2 N–H and O–H groups in total. The van der Waals surface area contributed by atoms with E-state index in [0.717, 1.165) is 12.1 Å². The topological polar surface area (TPSA) is 59.0 Å². The SMILES string of the molecule is N#CCc1ccc(OC(F)(F)F)cc1N. The lowest BCUT2D eigenvalue weighted by Crippen LogP contribution is -2.17. The van der Waals surface area contributed by atoms with Gasteiger partial charge in [-0.05, 0) is 11.6 Å². The Morgan fingerprint density at radius 2 is 2.07 bits per heavy atom. The van der Waals surface area contributed by atoms with Gasteiger partial charge in [-0.1, -0.05) is 6.07 Å². The summed E-state index contributed by atoms with van der Waals surface area (Å²) in [4.78, 5) is 0. The molecule has 80 valence electrons. The van der Waals surface area contributed by atoms with Crippen LogP contribution in [0.15, 0.2) is 18.2 Å². The highest BCUT2D eigenvalue weighted by Gasteiger charge is 2.31. The Bertz CT molecular complexity index is 395. The zero-order chi connectivity index (χ0) is 11.5. The Balaban J connectivity index is 2.88. The van der Waals surface area contributed by atoms with Crippen LogP contribution in [0.1, 0.15) is 5.56 Å². The van der Waals surface area contributed by atoms with Gasteiger partial charge in [-0.3, -0.25) is 0 Å². The molecule has 0 fully saturated rings. The molecule has 0 radical (unpaired) electrons. The lowest BCUT2D eigenvalue weighted by atomic mass is 10.1. The second-order valence-electron chi connectivity index (χ2n) is 2.74. The largest absolute Gasteiger partial charge is 0.573 e. The number of hydrogen-bond donors (Lipinski definition) is 1. The fraction of sp³-hybridized carbons (Fsp3) is 0.222. The number of benzene rings is 1. The molecule has 0 amide bonds. The number of halogens is 3. The van der Waals surface area contributed by atoms with E-state index in [4.69, 9.17) is 11.0 Å². The molecule has 1 rings (SSSR count). The Morgan fingerprint density at radius 3 is 2.53 bits per heavy atom. The van der Waals surface area contributed by atoms with E-state index in [9.17, 15) is 13.2 Å². The molecular formula is C9H7F3N2O. The van der Waals surface area contributed by atoms with Crippen LogP contribution in [0.4, 0.5) is 18.9 Å². The number of anilines is 1. The number of nitrogens with zero attached hydrogens (tertiary/aromatic N) is 1. The molecule has 0 aliphatic carbocycles. The van der Waals surface area contributed by atoms with Crippen LogP contribution in [-0.4, -0.2) is 6.36 Å². The summed E-state index contributed by atoms with van der Waals surface area (Å²) in [6.45, 7) is 0. The number of nitrogens with two attached hydrogens (primary N) is 1. The molecule has 6 heteroatoms. The number of nitrogen functional groups attached to an aromatic ring is 1. The number of alkyl halides is 3. The van der Waals surface area contributed by atoms with Crippen molar-refractivity contribution in [2.75, 3.05) is 5.73 Å². The van der Waals surface area contributed by atoms with Crippen LogP contribution in [0.5, 0.6) is 5.75 Å². The quantitative estimate of drug-likeness (QED) is 0.771. The molecule has 0 heterocycles. The number of ether oxygens (including phenoxy) is 1. The third kappa shape index (κ3) is 3.38. The monoisotopic (exact) mass is 216 g/mol. The van der Waals surface area contributed by atoms with Gasteiger partial charge in [0, 0.05) is 11.8 Å². The van der Waals surface area contributed by atoms with Crippen LogP contribution in [0.25, 0.3) is 0 Å². The molecule has 0 spiro atoms. The number of nitriles is 1. The van der Waals surface area contributed by atoms with Gasteiger partial charge < -0.3 is 10.5 Å². The van der Waals surface area contributed by atoms with E-state index in [1.54, 1.807) is 0 Å². The van der Waals surface area contributed by atoms with E-state index in [-0.39, 0.29) is 17.9 Å². The van der Waals surface area contributed by atoms with Crippen molar-refractivity contribution in [1.82, 2.24) is 0 Å². The first-order chi connectivity index (χ1) is 6.92. The highest BCUT2D eigenvalue weighted by molar-refractivity contribution is 5.52. The smallest absolute Gasteiger partial charge is 0.406 e. The number of rotatable bonds is 2. The van der Waals surface area contributed by atoms with Gasteiger partial charge in [0.05, 0.1) is 12.5 Å². The van der Waals surface area contributed by atoms with Gasteiger partial charge >= 0.3 is 6.36 Å². The second kappa shape index (κ2) is 4.09. The van der Waals surface area contributed by atoms with Gasteiger partial charge in [-0.15, -0.1) is 13.2 Å². The van der Waals surface area contributed by atoms with Crippen molar-refractivity contribution in [3.8, 4) is 11.8 Å². The molecule has 15 heavy (non-hydrogen) atoms. The predicted molar refractivity (Wildman–Crippen MR) is 46.9 cm³/mol. The van der Waals surface area contributed by atoms with Crippen molar-refractivity contribution in [3.63, 3.8) is 0 Å². The molecule has 3 nitrogen and oxygen atoms in total. The van der Waals surface area contributed by atoms with Crippen molar-refractivity contribution < 1.29 is 17.9 Å². The molecule has 0 aliphatic rings. The Morgan fingerprint density at radius 1 is 1.40 bits per heavy atom. The van der Waals surface area contributed by atoms with Crippen LogP contribution in [-0.2, 0) is 6.42 Å². The summed E-state index contributed by atoms with van der Waals surface area (Å²) in [5.74, 6) is -0.387. The zero-order valence-corrected chi connectivity index (χ0v) is 7.51. The maximum absolute atomic E-state index is 11.8. The van der Waals surface area contributed by atoms with Crippen LogP contribution in [0, 0.1) is 11.3 Å². The van der Waals surface area contributed by atoms with Crippen molar-refractivity contribution in [2.24, 2.45) is 0 Å². The lowest BCUT2D eigenvalue weighted by molar-refractivity contribution is -0.274. The summed E-state index contributed by atoms with van der Waals surface area (Å²) in [5, 5.41) is 8.38. The van der Waals surface area contributed by atoms with Crippen LogP contribution in [0.2, 0.25) is 0 Å². The normalized spacial score (nSPS) is 10.8. The minimum atomic E-state index is -4.73. The van der Waals surface area contributed by atoms with Gasteiger partial charge in [0.15, 0.2) is 0 Å². The summed E-state index contributed by atoms with van der Waals surface area (Å²) in [5.41, 5.74) is 6.02. The zero-order valence-electron chi connectivity index (χ0n) is 7.51. The summed E-state index contributed by atoms with van der Waals surface area (Å²) < 4.78 is 39.1. The summed E-state index contributed by atoms with van der Waals surface area (Å²) in [6, 6.07) is 5.35. The maximum atomic E-state index is 11.8. The highest BCUT2D eigenvalue weighted by atomic mass is 19.4. The van der Waals surface area contributed by atoms with Crippen molar-refractivity contribution in [2.45, 2.75) is 12.8 Å². The van der Waals surface area contributed by atoms with Gasteiger partial charge in [-0.25, -0.2) is 0 Å². The average Bonchev–Trinajstić information content (AvgIpc) is 2.07. The van der Waals surface area contributed by atoms with Gasteiger partial charge in [0.1, 0.15) is 5.75 Å². The molecule has 1 aromatic carbocycles. The van der Waals surface area contributed by atoms with E-state index in [1.807, 2.05) is 6.07 Å². The Labute approximate surface area is 83.9 Å². The first kappa shape index (κ1) is 11.2. The van der Waals surface area contributed by atoms with Crippen LogP contribution in [0.3, 0.4) is 0 Å². The Kier molecular flexibility index (Phi) is 3.04. The van der Waals surface area contributed by atoms with E-state index in [1.165, 1.54) is 6.07 Å². The van der Waals surface area contributed by atoms with Crippen molar-refractivity contribution in [3.05, 3.63) is 23.8 Å². The maximum Gasteiger partial charge on any atom is 0.573 e. The summed E-state index contributed by atoms with van der Waals surface area (Å²) in [7, 11) is 0. The minimum absolute atomic E-state index is 0.0537. The molecule has 0 aliphatic heterocycles.